The lowest BCUT2D eigenvalue weighted by molar-refractivity contribution is 0.620. The first-order valence-electron chi connectivity index (χ1n) is 4.34. The summed E-state index contributed by atoms with van der Waals surface area (Å²) in [6, 6.07) is 0. The van der Waals surface area contributed by atoms with Gasteiger partial charge in [-0.2, -0.15) is 0 Å². The number of rotatable bonds is 7. The summed E-state index contributed by atoms with van der Waals surface area (Å²) in [6.07, 6.45) is 6.15. The summed E-state index contributed by atoms with van der Waals surface area (Å²) in [4.78, 5) is 0. The van der Waals surface area contributed by atoms with Gasteiger partial charge in [-0.3, -0.25) is 0 Å². The Hall–Kier alpha value is -0.320. The molecular formula is C10H18N2S2. The van der Waals surface area contributed by atoms with Crippen LogP contribution in [0.2, 0.25) is 0 Å². The molecule has 0 radical (unpaired) electrons. The van der Waals surface area contributed by atoms with Gasteiger partial charge in [0.15, 0.2) is 0 Å². The Morgan fingerprint density at radius 3 is 2.71 bits per heavy atom. The second-order valence-electron chi connectivity index (χ2n) is 3.30. The minimum Gasteiger partial charge on any atom is -0.378 e. The van der Waals surface area contributed by atoms with Crippen LogP contribution in [0.4, 0.5) is 0 Å². The number of nitrogens with one attached hydrogen (secondary N) is 2. The summed E-state index contributed by atoms with van der Waals surface area (Å²) < 4.78 is 2.70. The van der Waals surface area contributed by atoms with Crippen molar-refractivity contribution in [2.75, 3.05) is 6.67 Å². The third-order valence-corrected chi connectivity index (χ3v) is 2.13. The van der Waals surface area contributed by atoms with Crippen molar-refractivity contribution in [1.29, 1.82) is 0 Å². The van der Waals surface area contributed by atoms with E-state index in [0.717, 1.165) is 0 Å². The van der Waals surface area contributed by atoms with Gasteiger partial charge < -0.3 is 5.32 Å². The Kier molecular flexibility index (Phi) is 7.84. The summed E-state index contributed by atoms with van der Waals surface area (Å²) in [7, 11) is 0. The zero-order valence-electron chi connectivity index (χ0n) is 8.66. The molecule has 0 bridgehead atoms. The molecule has 0 atom stereocenters. The van der Waals surface area contributed by atoms with Crippen LogP contribution in [-0.2, 0) is 0 Å². The molecule has 0 saturated carbocycles. The molecule has 0 amide bonds. The van der Waals surface area contributed by atoms with Crippen LogP contribution in [0, 0.1) is 5.41 Å². The van der Waals surface area contributed by atoms with Crippen molar-refractivity contribution in [2.24, 2.45) is 5.41 Å². The molecule has 0 heterocycles. The summed E-state index contributed by atoms with van der Waals surface area (Å²) in [5, 5.41) is 6.89. The van der Waals surface area contributed by atoms with Gasteiger partial charge in [0.05, 0.1) is 6.67 Å². The minimum absolute atomic E-state index is 0.0552. The Bertz CT molecular complexity index is 210. The normalized spacial score (nSPS) is 12.5. The molecular weight excluding hydrogens is 212 g/mol. The fraction of sp³-hybridized carbons (Fsp3) is 0.400. The second-order valence-corrected chi connectivity index (χ2v) is 4.49. The van der Waals surface area contributed by atoms with Crippen LogP contribution in [0.15, 0.2) is 35.7 Å². The first kappa shape index (κ1) is 13.7. The van der Waals surface area contributed by atoms with E-state index in [-0.39, 0.29) is 5.41 Å². The van der Waals surface area contributed by atoms with E-state index in [1.54, 1.807) is 17.2 Å². The van der Waals surface area contributed by atoms with Crippen molar-refractivity contribution in [3.8, 4) is 0 Å². The molecule has 0 fully saturated rings. The van der Waals surface area contributed by atoms with E-state index in [2.05, 4.69) is 55.4 Å². The van der Waals surface area contributed by atoms with E-state index < -0.39 is 0 Å². The number of thiol groups is 1. The molecule has 2 nitrogen and oxygen atoms in total. The highest BCUT2D eigenvalue weighted by Gasteiger charge is 2.07. The van der Waals surface area contributed by atoms with Crippen LogP contribution < -0.4 is 10.0 Å². The molecule has 0 saturated heterocycles. The van der Waals surface area contributed by atoms with Crippen molar-refractivity contribution in [1.82, 2.24) is 10.0 Å². The number of thioether (sulfide) groups is 1. The number of allylic oxidation sites excluding steroid dienone is 2. The Morgan fingerprint density at radius 1 is 1.43 bits per heavy atom. The predicted octanol–water partition coefficient (Wildman–Crippen LogP) is 2.90. The summed E-state index contributed by atoms with van der Waals surface area (Å²) >= 11 is 5.44. The van der Waals surface area contributed by atoms with Crippen LogP contribution >= 0.6 is 24.6 Å². The lowest BCUT2D eigenvalue weighted by atomic mass is 9.94. The van der Waals surface area contributed by atoms with E-state index in [0.29, 0.717) is 6.67 Å². The van der Waals surface area contributed by atoms with Gasteiger partial charge in [0.2, 0.25) is 0 Å². The van der Waals surface area contributed by atoms with Crippen molar-refractivity contribution in [2.45, 2.75) is 13.8 Å². The molecule has 0 aliphatic heterocycles. The molecule has 4 heteroatoms. The maximum Gasteiger partial charge on any atom is 0.0739 e. The maximum absolute atomic E-state index is 3.86. The molecule has 0 aliphatic rings. The smallest absolute Gasteiger partial charge is 0.0739 e. The van der Waals surface area contributed by atoms with Crippen LogP contribution in [-0.4, -0.2) is 6.67 Å². The van der Waals surface area contributed by atoms with Gasteiger partial charge in [-0.1, -0.05) is 45.4 Å². The van der Waals surface area contributed by atoms with Crippen molar-refractivity contribution in [3.05, 3.63) is 35.7 Å². The van der Waals surface area contributed by atoms with Crippen molar-refractivity contribution >= 4 is 24.6 Å². The molecule has 0 aliphatic carbocycles. The van der Waals surface area contributed by atoms with Crippen molar-refractivity contribution in [3.63, 3.8) is 0 Å². The average molecular weight is 230 g/mol. The molecule has 0 unspecified atom stereocenters. The molecule has 80 valence electrons. The second kappa shape index (κ2) is 8.03. The zero-order valence-corrected chi connectivity index (χ0v) is 10.4. The molecule has 0 aromatic carbocycles. The highest BCUT2D eigenvalue weighted by molar-refractivity contribution is 8.04. The Balaban J connectivity index is 3.92. The maximum atomic E-state index is 3.86. The van der Waals surface area contributed by atoms with E-state index in [1.807, 2.05) is 11.6 Å². The predicted molar refractivity (Wildman–Crippen MR) is 70.0 cm³/mol. The molecule has 0 rings (SSSR count). The topological polar surface area (TPSA) is 24.1 Å². The fourth-order valence-electron chi connectivity index (χ4n) is 0.704. The van der Waals surface area contributed by atoms with Crippen molar-refractivity contribution < 1.29 is 0 Å². The van der Waals surface area contributed by atoms with Gasteiger partial charge in [0.1, 0.15) is 0 Å². The highest BCUT2D eigenvalue weighted by atomic mass is 32.2. The quantitative estimate of drug-likeness (QED) is 0.356. The van der Waals surface area contributed by atoms with Crippen LogP contribution in [0.1, 0.15) is 13.8 Å². The van der Waals surface area contributed by atoms with Gasteiger partial charge in [0, 0.05) is 5.41 Å². The first-order chi connectivity index (χ1) is 6.62. The van der Waals surface area contributed by atoms with E-state index in [4.69, 9.17) is 0 Å². The fourth-order valence-corrected chi connectivity index (χ4v) is 1.34. The molecule has 0 aromatic rings. The van der Waals surface area contributed by atoms with Crippen LogP contribution in [0.5, 0.6) is 0 Å². The molecule has 14 heavy (non-hydrogen) atoms. The van der Waals surface area contributed by atoms with Crippen LogP contribution in [0.3, 0.4) is 0 Å². The molecule has 0 aromatic heterocycles. The minimum atomic E-state index is 0.0552. The Labute approximate surface area is 96.5 Å². The standard InChI is InChI=1S/C10H18N2S2/c1-4-14-8-6-10(2,3)5-7-11-9-12-13/h4-8,11-13H,1,9H2,2-3H3/b7-5+,8-6+. The van der Waals surface area contributed by atoms with Gasteiger partial charge in [-0.25, -0.2) is 4.72 Å². The van der Waals surface area contributed by atoms with Gasteiger partial charge in [-0.15, -0.1) is 11.8 Å². The van der Waals surface area contributed by atoms with E-state index >= 15 is 0 Å². The Morgan fingerprint density at radius 2 is 2.14 bits per heavy atom. The van der Waals surface area contributed by atoms with E-state index in [9.17, 15) is 0 Å². The van der Waals surface area contributed by atoms with E-state index in [1.165, 1.54) is 0 Å². The van der Waals surface area contributed by atoms with Gasteiger partial charge >= 0.3 is 0 Å². The molecule has 2 N–H and O–H groups in total. The highest BCUT2D eigenvalue weighted by Crippen LogP contribution is 2.20. The lowest BCUT2D eigenvalue weighted by Crippen LogP contribution is -2.17. The van der Waals surface area contributed by atoms with Gasteiger partial charge in [-0.05, 0) is 17.0 Å². The zero-order chi connectivity index (χ0) is 10.9. The summed E-state index contributed by atoms with van der Waals surface area (Å²) in [5.41, 5.74) is 0.0552. The molecule has 0 spiro atoms. The van der Waals surface area contributed by atoms with Crippen LogP contribution in [0.25, 0.3) is 0 Å². The monoisotopic (exact) mass is 230 g/mol. The number of hydrogen-bond acceptors (Lipinski definition) is 4. The third kappa shape index (κ3) is 8.29. The first-order valence-corrected chi connectivity index (χ1v) is 5.73. The third-order valence-electron chi connectivity index (χ3n) is 1.48. The summed E-state index contributed by atoms with van der Waals surface area (Å²) in [5.74, 6) is 0. The SMILES string of the molecule is C=CS/C=C/C(C)(C)/C=C/NCNS. The average Bonchev–Trinajstić information content (AvgIpc) is 2.13. The number of hydrogen-bond donors (Lipinski definition) is 3. The summed E-state index contributed by atoms with van der Waals surface area (Å²) in [6.45, 7) is 8.56. The lowest BCUT2D eigenvalue weighted by Gasteiger charge is -2.14. The van der Waals surface area contributed by atoms with Gasteiger partial charge in [0.25, 0.3) is 0 Å². The largest absolute Gasteiger partial charge is 0.378 e.